The van der Waals surface area contributed by atoms with Crippen molar-refractivity contribution in [1.82, 2.24) is 19.9 Å². The summed E-state index contributed by atoms with van der Waals surface area (Å²) >= 11 is 7.44. The Morgan fingerprint density at radius 1 is 1.22 bits per heavy atom. The molecular weight excluding hydrogens is 272 g/mol. The maximum absolute atomic E-state index is 5.81. The van der Waals surface area contributed by atoms with Crippen molar-refractivity contribution in [3.05, 3.63) is 21.9 Å². The smallest absolute Gasteiger partial charge is 0.228 e. The van der Waals surface area contributed by atoms with Crippen LogP contribution in [-0.4, -0.2) is 33.0 Å². The number of thiazole rings is 1. The Labute approximate surface area is 114 Å². The molecule has 0 aliphatic heterocycles. The third-order valence-corrected chi connectivity index (χ3v) is 3.06. The molecule has 0 saturated heterocycles. The van der Waals surface area contributed by atoms with Gasteiger partial charge in [0.2, 0.25) is 17.2 Å². The zero-order valence-electron chi connectivity index (χ0n) is 9.85. The van der Waals surface area contributed by atoms with Gasteiger partial charge in [0, 0.05) is 31.1 Å². The molecule has 0 aliphatic carbocycles. The van der Waals surface area contributed by atoms with Gasteiger partial charge in [-0.3, -0.25) is 0 Å². The standard InChI is InChI=1S/C10H13ClN6S/c1-2-12-9-15-8(11)16-10(17-9)14-4-3-7-13-5-6-18-7/h5-6H,2-4H2,1H3,(H2,12,14,15,16,17). The summed E-state index contributed by atoms with van der Waals surface area (Å²) in [4.78, 5) is 16.4. The third-order valence-electron chi connectivity index (χ3n) is 2.05. The Bertz CT molecular complexity index is 489. The highest BCUT2D eigenvalue weighted by molar-refractivity contribution is 7.09. The second-order valence-corrected chi connectivity index (χ2v) is 4.70. The van der Waals surface area contributed by atoms with E-state index in [4.69, 9.17) is 11.6 Å². The number of halogens is 1. The lowest BCUT2D eigenvalue weighted by Crippen LogP contribution is -2.11. The van der Waals surface area contributed by atoms with Crippen LogP contribution in [0, 0.1) is 0 Å². The first-order valence-electron chi connectivity index (χ1n) is 5.55. The summed E-state index contributed by atoms with van der Waals surface area (Å²) in [6.07, 6.45) is 2.63. The van der Waals surface area contributed by atoms with Gasteiger partial charge in [0.05, 0.1) is 5.01 Å². The minimum absolute atomic E-state index is 0.178. The van der Waals surface area contributed by atoms with Crippen LogP contribution in [0.1, 0.15) is 11.9 Å². The van der Waals surface area contributed by atoms with Gasteiger partial charge in [0.25, 0.3) is 0 Å². The Kier molecular flexibility index (Phi) is 4.66. The van der Waals surface area contributed by atoms with Crippen LogP contribution in [0.4, 0.5) is 11.9 Å². The van der Waals surface area contributed by atoms with Crippen LogP contribution >= 0.6 is 22.9 Å². The zero-order valence-corrected chi connectivity index (χ0v) is 11.4. The van der Waals surface area contributed by atoms with Gasteiger partial charge in [0.15, 0.2) is 0 Å². The fraction of sp³-hybridized carbons (Fsp3) is 0.400. The summed E-state index contributed by atoms with van der Waals surface area (Å²) in [6, 6.07) is 0. The van der Waals surface area contributed by atoms with Crippen molar-refractivity contribution >= 4 is 34.8 Å². The molecule has 0 saturated carbocycles. The Hall–Kier alpha value is -1.47. The van der Waals surface area contributed by atoms with Crippen molar-refractivity contribution in [2.45, 2.75) is 13.3 Å². The molecule has 0 unspecified atom stereocenters. The second-order valence-electron chi connectivity index (χ2n) is 3.38. The second kappa shape index (κ2) is 6.46. The average molecular weight is 285 g/mol. The van der Waals surface area contributed by atoms with Gasteiger partial charge in [-0.15, -0.1) is 11.3 Å². The van der Waals surface area contributed by atoms with E-state index in [0.717, 1.165) is 18.0 Å². The van der Waals surface area contributed by atoms with E-state index < -0.39 is 0 Å². The predicted octanol–water partition coefficient (Wildman–Crippen LogP) is 2.07. The molecule has 2 rings (SSSR count). The van der Waals surface area contributed by atoms with E-state index in [9.17, 15) is 0 Å². The van der Waals surface area contributed by atoms with Crippen molar-refractivity contribution in [2.24, 2.45) is 0 Å². The molecule has 2 aromatic heterocycles. The molecule has 18 heavy (non-hydrogen) atoms. The van der Waals surface area contributed by atoms with Gasteiger partial charge in [-0.25, -0.2) is 4.98 Å². The average Bonchev–Trinajstić information content (AvgIpc) is 2.82. The Morgan fingerprint density at radius 3 is 2.67 bits per heavy atom. The lowest BCUT2D eigenvalue weighted by Gasteiger charge is -2.06. The lowest BCUT2D eigenvalue weighted by molar-refractivity contribution is 0.948. The van der Waals surface area contributed by atoms with E-state index in [-0.39, 0.29) is 5.28 Å². The van der Waals surface area contributed by atoms with E-state index in [1.54, 1.807) is 17.5 Å². The largest absolute Gasteiger partial charge is 0.354 e. The fourth-order valence-corrected chi connectivity index (χ4v) is 2.10. The summed E-state index contributed by atoms with van der Waals surface area (Å²) in [5.41, 5.74) is 0. The number of aromatic nitrogens is 4. The number of rotatable bonds is 6. The topological polar surface area (TPSA) is 75.6 Å². The monoisotopic (exact) mass is 284 g/mol. The third kappa shape index (κ3) is 3.78. The summed E-state index contributed by atoms with van der Waals surface area (Å²) in [5, 5.41) is 9.31. The Morgan fingerprint density at radius 2 is 2.00 bits per heavy atom. The molecular formula is C10H13ClN6S. The summed E-state index contributed by atoms with van der Waals surface area (Å²) in [5.74, 6) is 0.955. The first kappa shape index (κ1) is 13.0. The van der Waals surface area contributed by atoms with E-state index in [1.165, 1.54) is 0 Å². The highest BCUT2D eigenvalue weighted by Crippen LogP contribution is 2.10. The van der Waals surface area contributed by atoms with E-state index >= 15 is 0 Å². The number of hydrogen-bond donors (Lipinski definition) is 2. The number of anilines is 2. The molecule has 0 bridgehead atoms. The van der Waals surface area contributed by atoms with Crippen molar-refractivity contribution in [2.75, 3.05) is 23.7 Å². The molecule has 0 atom stereocenters. The molecule has 0 fully saturated rings. The maximum atomic E-state index is 5.81. The van der Waals surface area contributed by atoms with Crippen LogP contribution in [0.25, 0.3) is 0 Å². The number of nitrogens with zero attached hydrogens (tertiary/aromatic N) is 4. The molecule has 2 aromatic rings. The van der Waals surface area contributed by atoms with Crippen molar-refractivity contribution in [1.29, 1.82) is 0 Å². The molecule has 0 radical (unpaired) electrons. The van der Waals surface area contributed by atoms with Crippen LogP contribution in [0.15, 0.2) is 11.6 Å². The summed E-state index contributed by atoms with van der Waals surface area (Å²) in [6.45, 7) is 3.41. The Balaban J connectivity index is 1.92. The van der Waals surface area contributed by atoms with Crippen molar-refractivity contribution < 1.29 is 0 Å². The van der Waals surface area contributed by atoms with Gasteiger partial charge in [-0.2, -0.15) is 15.0 Å². The van der Waals surface area contributed by atoms with Crippen LogP contribution in [0.5, 0.6) is 0 Å². The van der Waals surface area contributed by atoms with Gasteiger partial charge in [-0.05, 0) is 18.5 Å². The lowest BCUT2D eigenvalue weighted by atomic mass is 10.4. The quantitative estimate of drug-likeness (QED) is 0.846. The normalized spacial score (nSPS) is 10.3. The van der Waals surface area contributed by atoms with Gasteiger partial charge in [0.1, 0.15) is 0 Å². The molecule has 0 aromatic carbocycles. The van der Waals surface area contributed by atoms with E-state index in [0.29, 0.717) is 18.4 Å². The SMILES string of the molecule is CCNc1nc(Cl)nc(NCCc2nccs2)n1. The van der Waals surface area contributed by atoms with Crippen LogP contribution in [0.3, 0.4) is 0 Å². The highest BCUT2D eigenvalue weighted by atomic mass is 35.5. The molecule has 8 heteroatoms. The van der Waals surface area contributed by atoms with Gasteiger partial charge in [-0.1, -0.05) is 0 Å². The van der Waals surface area contributed by atoms with E-state index in [2.05, 4.69) is 30.6 Å². The first-order valence-corrected chi connectivity index (χ1v) is 6.81. The van der Waals surface area contributed by atoms with Crippen molar-refractivity contribution in [3.63, 3.8) is 0 Å². The van der Waals surface area contributed by atoms with Crippen LogP contribution < -0.4 is 10.6 Å². The minimum atomic E-state index is 0.178. The number of nitrogens with one attached hydrogen (secondary N) is 2. The maximum Gasteiger partial charge on any atom is 0.228 e. The molecule has 0 aliphatic rings. The van der Waals surface area contributed by atoms with Crippen LogP contribution in [-0.2, 0) is 6.42 Å². The predicted molar refractivity (Wildman–Crippen MR) is 73.3 cm³/mol. The molecule has 0 spiro atoms. The van der Waals surface area contributed by atoms with Crippen LogP contribution in [0.2, 0.25) is 5.28 Å². The van der Waals surface area contributed by atoms with Gasteiger partial charge < -0.3 is 10.6 Å². The summed E-state index contributed by atoms with van der Waals surface area (Å²) < 4.78 is 0. The first-order chi connectivity index (χ1) is 8.78. The van der Waals surface area contributed by atoms with E-state index in [1.807, 2.05) is 12.3 Å². The zero-order chi connectivity index (χ0) is 12.8. The highest BCUT2D eigenvalue weighted by Gasteiger charge is 2.04. The molecule has 0 amide bonds. The van der Waals surface area contributed by atoms with Crippen molar-refractivity contribution in [3.8, 4) is 0 Å². The fourth-order valence-electron chi connectivity index (χ4n) is 1.32. The molecule has 6 nitrogen and oxygen atoms in total. The minimum Gasteiger partial charge on any atom is -0.354 e. The molecule has 96 valence electrons. The summed E-state index contributed by atoms with van der Waals surface area (Å²) in [7, 11) is 0. The molecule has 2 N–H and O–H groups in total. The number of hydrogen-bond acceptors (Lipinski definition) is 7. The molecule has 2 heterocycles. The van der Waals surface area contributed by atoms with Gasteiger partial charge >= 0.3 is 0 Å².